The Morgan fingerprint density at radius 3 is 2.54 bits per heavy atom. The lowest BCUT2D eigenvalue weighted by Gasteiger charge is -2.22. The predicted molar refractivity (Wildman–Crippen MR) is 80.6 cm³/mol. The Hall–Kier alpha value is -2.96. The Labute approximate surface area is 136 Å². The van der Waals surface area contributed by atoms with E-state index in [1.807, 2.05) is 0 Å². The van der Waals surface area contributed by atoms with Gasteiger partial charge in [-0.15, -0.1) is 0 Å². The van der Waals surface area contributed by atoms with E-state index >= 15 is 0 Å². The number of carbonyl (C=O) groups is 2. The number of aliphatic carboxylic acids is 1. The summed E-state index contributed by atoms with van der Waals surface area (Å²) in [4.78, 5) is 24.6. The number of halogens is 2. The molecule has 5 nitrogen and oxygen atoms in total. The first-order valence-electron chi connectivity index (χ1n) is 7.18. The Kier molecular flexibility index (Phi) is 4.16. The van der Waals surface area contributed by atoms with Crippen molar-refractivity contribution < 1.29 is 28.2 Å². The summed E-state index contributed by atoms with van der Waals surface area (Å²) in [6, 6.07) is 9.54. The third-order valence-electron chi connectivity index (χ3n) is 3.83. The van der Waals surface area contributed by atoms with Crippen LogP contribution in [-0.4, -0.2) is 23.2 Å². The van der Waals surface area contributed by atoms with Crippen LogP contribution in [-0.2, 0) is 22.6 Å². The number of fused-ring (bicyclic) bond motifs is 1. The molecular weight excluding hydrogens is 320 g/mol. The average Bonchev–Trinajstić information content (AvgIpc) is 2.97. The van der Waals surface area contributed by atoms with E-state index in [2.05, 4.69) is 0 Å². The molecule has 2 aromatic rings. The molecule has 2 aromatic carbocycles. The number of nitrogens with zero attached hydrogens (tertiary/aromatic N) is 1. The summed E-state index contributed by atoms with van der Waals surface area (Å²) < 4.78 is 32.3. The second-order valence-electron chi connectivity index (χ2n) is 5.33. The summed E-state index contributed by atoms with van der Waals surface area (Å²) in [6.07, 6.45) is -1.23. The monoisotopic (exact) mass is 333 g/mol. The fourth-order valence-corrected chi connectivity index (χ4v) is 2.67. The number of benzene rings is 2. The highest BCUT2D eigenvalue weighted by molar-refractivity contribution is 5.98. The van der Waals surface area contributed by atoms with Gasteiger partial charge in [-0.1, -0.05) is 30.3 Å². The SMILES string of the molecule is O=C(O)C1Cc2c(ccc(F)c2F)N1C(=O)OCc1ccccc1. The zero-order valence-electron chi connectivity index (χ0n) is 12.4. The fourth-order valence-electron chi connectivity index (χ4n) is 2.67. The highest BCUT2D eigenvalue weighted by Gasteiger charge is 2.41. The molecule has 0 fully saturated rings. The molecule has 0 saturated carbocycles. The molecular formula is C17H13F2NO4. The van der Waals surface area contributed by atoms with Crippen molar-refractivity contribution in [2.45, 2.75) is 19.1 Å². The van der Waals surface area contributed by atoms with Crippen molar-refractivity contribution >= 4 is 17.7 Å². The summed E-state index contributed by atoms with van der Waals surface area (Å²) in [5.41, 5.74) is 0.598. The average molecular weight is 333 g/mol. The van der Waals surface area contributed by atoms with Gasteiger partial charge in [-0.25, -0.2) is 18.4 Å². The molecule has 0 aliphatic carbocycles. The van der Waals surface area contributed by atoms with Crippen LogP contribution in [0, 0.1) is 11.6 Å². The van der Waals surface area contributed by atoms with Crippen molar-refractivity contribution in [2.75, 3.05) is 4.90 Å². The molecule has 0 saturated heterocycles. The summed E-state index contributed by atoms with van der Waals surface area (Å²) in [5, 5.41) is 9.28. The van der Waals surface area contributed by atoms with Crippen molar-refractivity contribution in [3.8, 4) is 0 Å². The molecule has 1 atom stereocenters. The van der Waals surface area contributed by atoms with Gasteiger partial charge in [0.05, 0.1) is 5.69 Å². The molecule has 0 radical (unpaired) electrons. The van der Waals surface area contributed by atoms with E-state index in [1.165, 1.54) is 6.07 Å². The minimum Gasteiger partial charge on any atom is -0.480 e. The molecule has 0 bridgehead atoms. The quantitative estimate of drug-likeness (QED) is 0.937. The van der Waals surface area contributed by atoms with Crippen LogP contribution >= 0.6 is 0 Å². The van der Waals surface area contributed by atoms with Crippen LogP contribution in [0.4, 0.5) is 19.3 Å². The van der Waals surface area contributed by atoms with Crippen LogP contribution in [0.1, 0.15) is 11.1 Å². The molecule has 3 rings (SSSR count). The summed E-state index contributed by atoms with van der Waals surface area (Å²) in [7, 11) is 0. The third-order valence-corrected chi connectivity index (χ3v) is 3.83. The lowest BCUT2D eigenvalue weighted by molar-refractivity contribution is -0.138. The normalized spacial score (nSPS) is 15.9. The minimum atomic E-state index is -1.33. The van der Waals surface area contributed by atoms with Gasteiger partial charge in [0, 0.05) is 12.0 Å². The predicted octanol–water partition coefficient (Wildman–Crippen LogP) is 3.12. The molecule has 24 heavy (non-hydrogen) atoms. The Balaban J connectivity index is 1.86. The molecule has 1 heterocycles. The van der Waals surface area contributed by atoms with E-state index in [1.54, 1.807) is 30.3 Å². The summed E-state index contributed by atoms with van der Waals surface area (Å²) >= 11 is 0. The van der Waals surface area contributed by atoms with Crippen LogP contribution in [0.15, 0.2) is 42.5 Å². The van der Waals surface area contributed by atoms with Crippen molar-refractivity contribution in [3.05, 3.63) is 65.2 Å². The first-order valence-corrected chi connectivity index (χ1v) is 7.18. The maximum absolute atomic E-state index is 13.9. The highest BCUT2D eigenvalue weighted by Crippen LogP contribution is 2.35. The van der Waals surface area contributed by atoms with Crippen LogP contribution in [0.3, 0.4) is 0 Å². The Bertz CT molecular complexity index is 795. The van der Waals surface area contributed by atoms with E-state index in [-0.39, 0.29) is 24.3 Å². The zero-order valence-corrected chi connectivity index (χ0v) is 12.4. The lowest BCUT2D eigenvalue weighted by atomic mass is 10.1. The van der Waals surface area contributed by atoms with Gasteiger partial charge in [0.1, 0.15) is 12.6 Å². The Morgan fingerprint density at radius 1 is 1.17 bits per heavy atom. The molecule has 1 aliphatic rings. The van der Waals surface area contributed by atoms with Gasteiger partial charge in [0.25, 0.3) is 0 Å². The van der Waals surface area contributed by atoms with Gasteiger partial charge in [-0.05, 0) is 17.7 Å². The largest absolute Gasteiger partial charge is 0.480 e. The number of carboxylic acid groups (broad SMARTS) is 1. The van der Waals surface area contributed by atoms with Crippen LogP contribution < -0.4 is 4.90 Å². The van der Waals surface area contributed by atoms with E-state index in [0.29, 0.717) is 0 Å². The highest BCUT2D eigenvalue weighted by atomic mass is 19.2. The Morgan fingerprint density at radius 2 is 1.88 bits per heavy atom. The number of carbonyl (C=O) groups excluding carboxylic acids is 1. The van der Waals surface area contributed by atoms with Crippen LogP contribution in [0.25, 0.3) is 0 Å². The first-order chi connectivity index (χ1) is 11.5. The molecule has 124 valence electrons. The molecule has 0 aromatic heterocycles. The molecule has 1 amide bonds. The first kappa shape index (κ1) is 15.9. The summed E-state index contributed by atoms with van der Waals surface area (Å²) in [5.74, 6) is -3.54. The van der Waals surface area contributed by atoms with Crippen molar-refractivity contribution in [2.24, 2.45) is 0 Å². The molecule has 7 heteroatoms. The van der Waals surface area contributed by atoms with E-state index < -0.39 is 29.7 Å². The maximum atomic E-state index is 13.9. The number of carboxylic acids is 1. The maximum Gasteiger partial charge on any atom is 0.415 e. The number of rotatable bonds is 3. The van der Waals surface area contributed by atoms with Crippen LogP contribution in [0.5, 0.6) is 0 Å². The van der Waals surface area contributed by atoms with Gasteiger partial charge in [-0.3, -0.25) is 4.90 Å². The van der Waals surface area contributed by atoms with Gasteiger partial charge in [0.2, 0.25) is 0 Å². The second kappa shape index (κ2) is 6.27. The number of anilines is 1. The van der Waals surface area contributed by atoms with Gasteiger partial charge < -0.3 is 9.84 Å². The topological polar surface area (TPSA) is 66.8 Å². The standard InChI is InChI=1S/C17H13F2NO4/c18-12-6-7-13-11(15(12)19)8-14(16(21)22)20(13)17(23)24-9-10-4-2-1-3-5-10/h1-7,14H,8-9H2,(H,21,22). The van der Waals surface area contributed by atoms with Crippen molar-refractivity contribution in [1.82, 2.24) is 0 Å². The van der Waals surface area contributed by atoms with Crippen molar-refractivity contribution in [1.29, 1.82) is 0 Å². The molecule has 0 spiro atoms. The minimum absolute atomic E-state index is 0.0133. The van der Waals surface area contributed by atoms with E-state index in [9.17, 15) is 23.5 Å². The molecule has 1 unspecified atom stereocenters. The molecule has 1 aliphatic heterocycles. The number of amides is 1. The number of ether oxygens (including phenoxy) is 1. The second-order valence-corrected chi connectivity index (χ2v) is 5.33. The number of hydrogen-bond donors (Lipinski definition) is 1. The summed E-state index contributed by atoms with van der Waals surface area (Å²) in [6.45, 7) is -0.0540. The molecule has 1 N–H and O–H groups in total. The van der Waals surface area contributed by atoms with Gasteiger partial charge in [-0.2, -0.15) is 0 Å². The van der Waals surface area contributed by atoms with Gasteiger partial charge >= 0.3 is 12.1 Å². The lowest BCUT2D eigenvalue weighted by Crippen LogP contribution is -2.43. The van der Waals surface area contributed by atoms with Crippen LogP contribution in [0.2, 0.25) is 0 Å². The fraction of sp³-hybridized carbons (Fsp3) is 0.176. The van der Waals surface area contributed by atoms with Gasteiger partial charge in [0.15, 0.2) is 11.6 Å². The smallest absolute Gasteiger partial charge is 0.415 e. The zero-order chi connectivity index (χ0) is 17.3. The van der Waals surface area contributed by atoms with E-state index in [4.69, 9.17) is 4.74 Å². The third kappa shape index (κ3) is 2.80. The van der Waals surface area contributed by atoms with E-state index in [0.717, 1.165) is 16.5 Å². The number of hydrogen-bond acceptors (Lipinski definition) is 3. The van der Waals surface area contributed by atoms with Crippen molar-refractivity contribution in [3.63, 3.8) is 0 Å².